The van der Waals surface area contributed by atoms with Gasteiger partial charge in [-0.1, -0.05) is 51.0 Å². The molecular weight excluding hydrogens is 326 g/mol. The lowest BCUT2D eigenvalue weighted by atomic mass is 9.79. The van der Waals surface area contributed by atoms with Crippen molar-refractivity contribution in [2.24, 2.45) is 0 Å². The minimum atomic E-state index is -0.341. The lowest BCUT2D eigenvalue weighted by molar-refractivity contribution is -0.123. The molecule has 4 heteroatoms. The Morgan fingerprint density at radius 3 is 1.92 bits per heavy atom. The number of amides is 1. The van der Waals surface area contributed by atoms with Crippen LogP contribution in [0.3, 0.4) is 0 Å². The number of nitrogens with one attached hydrogen (secondary N) is 1. The number of rotatable bonds is 9. The van der Waals surface area contributed by atoms with Gasteiger partial charge in [0.15, 0.2) is 0 Å². The average molecular weight is 355 g/mol. The number of unbranched alkanes of at least 4 members (excludes halogenated alkanes) is 2. The summed E-state index contributed by atoms with van der Waals surface area (Å²) in [5.41, 5.74) is 1.91. The van der Waals surface area contributed by atoms with Gasteiger partial charge in [0, 0.05) is 6.54 Å². The summed E-state index contributed by atoms with van der Waals surface area (Å²) >= 11 is 0. The van der Waals surface area contributed by atoms with E-state index in [0.29, 0.717) is 6.54 Å². The molecule has 0 saturated heterocycles. The third kappa shape index (κ3) is 5.25. The molecule has 0 aromatic heterocycles. The summed E-state index contributed by atoms with van der Waals surface area (Å²) in [7, 11) is 0. The minimum absolute atomic E-state index is 0.00622. The first-order chi connectivity index (χ1) is 12.6. The molecule has 0 radical (unpaired) electrons. The van der Waals surface area contributed by atoms with Crippen LogP contribution in [0.15, 0.2) is 48.5 Å². The number of carbonyl (C=O) groups is 1. The van der Waals surface area contributed by atoms with Crippen LogP contribution in [-0.4, -0.2) is 22.7 Å². The lowest BCUT2D eigenvalue weighted by Gasteiger charge is -2.26. The zero-order valence-corrected chi connectivity index (χ0v) is 15.6. The third-order valence-electron chi connectivity index (χ3n) is 4.78. The zero-order valence-electron chi connectivity index (χ0n) is 15.6. The van der Waals surface area contributed by atoms with Crippen LogP contribution in [-0.2, 0) is 4.79 Å². The van der Waals surface area contributed by atoms with E-state index in [-0.39, 0.29) is 29.2 Å². The summed E-state index contributed by atoms with van der Waals surface area (Å²) in [5, 5.41) is 22.2. The van der Waals surface area contributed by atoms with Crippen LogP contribution in [0, 0.1) is 0 Å². The van der Waals surface area contributed by atoms with Gasteiger partial charge in [-0.05, 0) is 54.2 Å². The Labute approximate surface area is 155 Å². The molecule has 4 nitrogen and oxygen atoms in total. The van der Waals surface area contributed by atoms with E-state index in [9.17, 15) is 15.0 Å². The first kappa shape index (κ1) is 19.8. The number of carbonyl (C=O) groups excluding carboxylic acids is 1. The van der Waals surface area contributed by atoms with Gasteiger partial charge in [-0.2, -0.15) is 0 Å². The number of hydrogen-bond donors (Lipinski definition) is 3. The Kier molecular flexibility index (Phi) is 7.52. The normalized spacial score (nSPS) is 13.2. The van der Waals surface area contributed by atoms with Crippen LogP contribution in [0.25, 0.3) is 0 Å². The largest absolute Gasteiger partial charge is 0.508 e. The van der Waals surface area contributed by atoms with E-state index >= 15 is 0 Å². The molecule has 0 saturated carbocycles. The van der Waals surface area contributed by atoms with Crippen molar-refractivity contribution in [2.45, 2.75) is 51.4 Å². The number of hydrogen-bond acceptors (Lipinski definition) is 3. The van der Waals surface area contributed by atoms with Crippen molar-refractivity contribution in [2.75, 3.05) is 6.54 Å². The molecular formula is C22H29NO3. The topological polar surface area (TPSA) is 69.6 Å². The smallest absolute Gasteiger partial charge is 0.228 e. The second-order valence-electron chi connectivity index (χ2n) is 6.67. The van der Waals surface area contributed by atoms with Gasteiger partial charge in [0.2, 0.25) is 5.91 Å². The molecule has 0 unspecified atom stereocenters. The lowest BCUT2D eigenvalue weighted by Crippen LogP contribution is -2.33. The number of benzene rings is 2. The SMILES string of the molecule is CCCCCNC(=O)[C@@H](c1ccc(O)cc1)[C@H](CC)c1ccc(O)cc1. The second-order valence-corrected chi connectivity index (χ2v) is 6.67. The third-order valence-corrected chi connectivity index (χ3v) is 4.78. The molecule has 0 heterocycles. The van der Waals surface area contributed by atoms with Crippen LogP contribution >= 0.6 is 0 Å². The Morgan fingerprint density at radius 2 is 1.42 bits per heavy atom. The predicted molar refractivity (Wildman–Crippen MR) is 105 cm³/mol. The molecule has 0 aliphatic rings. The highest BCUT2D eigenvalue weighted by atomic mass is 16.3. The van der Waals surface area contributed by atoms with Gasteiger partial charge in [-0.15, -0.1) is 0 Å². The van der Waals surface area contributed by atoms with Crippen molar-refractivity contribution in [3.05, 3.63) is 59.7 Å². The number of aromatic hydroxyl groups is 2. The molecule has 2 aromatic carbocycles. The molecule has 0 aliphatic heterocycles. The molecule has 0 aliphatic carbocycles. The monoisotopic (exact) mass is 355 g/mol. The fraction of sp³-hybridized carbons (Fsp3) is 0.409. The minimum Gasteiger partial charge on any atom is -0.508 e. The van der Waals surface area contributed by atoms with Crippen LogP contribution in [0.5, 0.6) is 11.5 Å². The zero-order chi connectivity index (χ0) is 18.9. The van der Waals surface area contributed by atoms with E-state index in [0.717, 1.165) is 36.8 Å². The molecule has 3 N–H and O–H groups in total. The Balaban J connectivity index is 2.29. The first-order valence-electron chi connectivity index (χ1n) is 9.42. The Bertz CT molecular complexity index is 680. The highest BCUT2D eigenvalue weighted by Crippen LogP contribution is 2.37. The van der Waals surface area contributed by atoms with E-state index < -0.39 is 0 Å². The predicted octanol–water partition coefficient (Wildman–Crippen LogP) is 4.68. The van der Waals surface area contributed by atoms with E-state index in [1.165, 1.54) is 0 Å². The molecule has 2 atom stereocenters. The van der Waals surface area contributed by atoms with Gasteiger partial charge >= 0.3 is 0 Å². The molecule has 2 rings (SSSR count). The van der Waals surface area contributed by atoms with Crippen molar-refractivity contribution in [1.82, 2.24) is 5.32 Å². The van der Waals surface area contributed by atoms with Crippen LogP contribution < -0.4 is 5.32 Å². The maximum Gasteiger partial charge on any atom is 0.228 e. The van der Waals surface area contributed by atoms with Crippen molar-refractivity contribution >= 4 is 5.91 Å². The highest BCUT2D eigenvalue weighted by Gasteiger charge is 2.30. The summed E-state index contributed by atoms with van der Waals surface area (Å²) in [6.07, 6.45) is 3.97. The van der Waals surface area contributed by atoms with Crippen LogP contribution in [0.4, 0.5) is 0 Å². The molecule has 26 heavy (non-hydrogen) atoms. The van der Waals surface area contributed by atoms with Gasteiger partial charge in [-0.3, -0.25) is 4.79 Å². The summed E-state index contributed by atoms with van der Waals surface area (Å²) < 4.78 is 0. The molecule has 0 spiro atoms. The van der Waals surface area contributed by atoms with E-state index in [4.69, 9.17) is 0 Å². The van der Waals surface area contributed by atoms with Gasteiger partial charge in [0.1, 0.15) is 11.5 Å². The summed E-state index contributed by atoms with van der Waals surface area (Å²) in [6, 6.07) is 13.9. The first-order valence-corrected chi connectivity index (χ1v) is 9.42. The van der Waals surface area contributed by atoms with Crippen molar-refractivity contribution in [1.29, 1.82) is 0 Å². The van der Waals surface area contributed by atoms with Gasteiger partial charge < -0.3 is 15.5 Å². The fourth-order valence-corrected chi connectivity index (χ4v) is 3.33. The van der Waals surface area contributed by atoms with Crippen molar-refractivity contribution < 1.29 is 15.0 Å². The van der Waals surface area contributed by atoms with Crippen LogP contribution in [0.2, 0.25) is 0 Å². The van der Waals surface area contributed by atoms with Gasteiger partial charge in [-0.25, -0.2) is 0 Å². The Hall–Kier alpha value is -2.49. The second kappa shape index (κ2) is 9.85. The maximum absolute atomic E-state index is 13.0. The molecule has 2 aromatic rings. The standard InChI is InChI=1S/C22H29NO3/c1-3-5-6-15-23-22(26)21(17-9-13-19(25)14-10-17)20(4-2)16-7-11-18(24)12-8-16/h7-14,20-21,24-25H,3-6,15H2,1-2H3,(H,23,26)/t20-,21+/m1/s1. The van der Waals surface area contributed by atoms with E-state index in [2.05, 4.69) is 19.2 Å². The van der Waals surface area contributed by atoms with Crippen molar-refractivity contribution in [3.8, 4) is 11.5 Å². The Morgan fingerprint density at radius 1 is 0.885 bits per heavy atom. The number of phenols is 2. The summed E-state index contributed by atoms with van der Waals surface area (Å²) in [4.78, 5) is 13.0. The quantitative estimate of drug-likeness (QED) is 0.572. The highest BCUT2D eigenvalue weighted by molar-refractivity contribution is 5.85. The van der Waals surface area contributed by atoms with Gasteiger partial charge in [0.05, 0.1) is 5.92 Å². The van der Waals surface area contributed by atoms with E-state index in [1.807, 2.05) is 24.3 Å². The van der Waals surface area contributed by atoms with Crippen molar-refractivity contribution in [3.63, 3.8) is 0 Å². The van der Waals surface area contributed by atoms with E-state index in [1.54, 1.807) is 24.3 Å². The van der Waals surface area contributed by atoms with Gasteiger partial charge in [0.25, 0.3) is 0 Å². The molecule has 0 bridgehead atoms. The molecule has 140 valence electrons. The molecule has 1 amide bonds. The summed E-state index contributed by atoms with van der Waals surface area (Å²) in [6.45, 7) is 4.88. The summed E-state index contributed by atoms with van der Waals surface area (Å²) in [5.74, 6) is 0.0622. The number of phenolic OH excluding ortho intramolecular Hbond substituents is 2. The average Bonchev–Trinajstić information content (AvgIpc) is 2.65. The molecule has 0 fully saturated rings. The fourth-order valence-electron chi connectivity index (χ4n) is 3.33. The maximum atomic E-state index is 13.0. The van der Waals surface area contributed by atoms with Crippen LogP contribution in [0.1, 0.15) is 62.5 Å².